The standard InChI is InChI=1S/C53H32N2O/c1-3-14-34(15-4-1)46-32-47(55-52(54-46)36-16-5-2-6-17-36)35-28-26-33(27-29-35)37-21-13-22-42-49-45(31-30-41-40-20-9-12-25-48(40)56-51(41)49)53(50(37)42)43-23-10-7-18-38(43)39-19-8-11-24-44(39)53/h1-32H. The molecule has 8 aromatic carbocycles. The maximum absolute atomic E-state index is 6.81. The number of furan rings is 1. The van der Waals surface area contributed by atoms with Crippen molar-refractivity contribution in [1.82, 2.24) is 9.97 Å². The van der Waals surface area contributed by atoms with Crippen molar-refractivity contribution in [3.8, 4) is 67.3 Å². The third-order valence-corrected chi connectivity index (χ3v) is 11.9. The first kappa shape index (κ1) is 31.0. The predicted octanol–water partition coefficient (Wildman–Crippen LogP) is 13.4. The van der Waals surface area contributed by atoms with Crippen LogP contribution in [-0.4, -0.2) is 9.97 Å². The lowest BCUT2D eigenvalue weighted by Gasteiger charge is -2.32. The minimum Gasteiger partial charge on any atom is -0.455 e. The van der Waals surface area contributed by atoms with Crippen LogP contribution >= 0.6 is 0 Å². The molecule has 3 heteroatoms. The second-order valence-electron chi connectivity index (χ2n) is 14.8. The van der Waals surface area contributed by atoms with Crippen LogP contribution in [-0.2, 0) is 5.41 Å². The summed E-state index contributed by atoms with van der Waals surface area (Å²) >= 11 is 0. The van der Waals surface area contributed by atoms with Gasteiger partial charge in [0.1, 0.15) is 11.2 Å². The number of fused-ring (bicyclic) bond motifs is 14. The van der Waals surface area contributed by atoms with Gasteiger partial charge >= 0.3 is 0 Å². The summed E-state index contributed by atoms with van der Waals surface area (Å²) in [6.45, 7) is 0. The minimum absolute atomic E-state index is 0.526. The quantitative estimate of drug-likeness (QED) is 0.182. The number of benzene rings is 8. The second kappa shape index (κ2) is 11.8. The summed E-state index contributed by atoms with van der Waals surface area (Å²) in [5.41, 5.74) is 18.7. The van der Waals surface area contributed by atoms with Gasteiger partial charge < -0.3 is 4.42 Å². The molecule has 2 aliphatic rings. The Morgan fingerprint density at radius 3 is 1.64 bits per heavy atom. The number of hydrogen-bond donors (Lipinski definition) is 0. The van der Waals surface area contributed by atoms with E-state index in [9.17, 15) is 0 Å². The van der Waals surface area contributed by atoms with Gasteiger partial charge in [-0.2, -0.15) is 0 Å². The van der Waals surface area contributed by atoms with Crippen LogP contribution in [0.4, 0.5) is 0 Å². The van der Waals surface area contributed by atoms with Crippen LogP contribution in [0.1, 0.15) is 22.3 Å². The van der Waals surface area contributed by atoms with Gasteiger partial charge in [-0.15, -0.1) is 0 Å². The third kappa shape index (κ3) is 4.28. The first-order chi connectivity index (χ1) is 27.8. The fraction of sp³-hybridized carbons (Fsp3) is 0.0189. The molecule has 3 nitrogen and oxygen atoms in total. The molecule has 260 valence electrons. The smallest absolute Gasteiger partial charge is 0.160 e. The highest BCUT2D eigenvalue weighted by atomic mass is 16.3. The van der Waals surface area contributed by atoms with Gasteiger partial charge in [0.2, 0.25) is 0 Å². The Bertz CT molecular complexity index is 3080. The normalized spacial score (nSPS) is 13.1. The first-order valence-electron chi connectivity index (χ1n) is 19.2. The number of para-hydroxylation sites is 1. The van der Waals surface area contributed by atoms with Gasteiger partial charge in [-0.3, -0.25) is 0 Å². The number of nitrogens with zero attached hydrogens (tertiary/aromatic N) is 2. The molecule has 0 radical (unpaired) electrons. The molecule has 0 bridgehead atoms. The Balaban J connectivity index is 1.09. The Morgan fingerprint density at radius 2 is 0.929 bits per heavy atom. The predicted molar refractivity (Wildman–Crippen MR) is 227 cm³/mol. The largest absolute Gasteiger partial charge is 0.455 e. The van der Waals surface area contributed by atoms with E-state index in [0.717, 1.165) is 55.6 Å². The second-order valence-corrected chi connectivity index (χ2v) is 14.8. The van der Waals surface area contributed by atoms with Crippen molar-refractivity contribution in [3.05, 3.63) is 216 Å². The van der Waals surface area contributed by atoms with Gasteiger partial charge in [-0.25, -0.2) is 9.97 Å². The summed E-state index contributed by atoms with van der Waals surface area (Å²) in [4.78, 5) is 10.1. The molecule has 1 spiro atoms. The lowest BCUT2D eigenvalue weighted by molar-refractivity contribution is 0.669. The van der Waals surface area contributed by atoms with Crippen molar-refractivity contribution in [3.63, 3.8) is 0 Å². The van der Waals surface area contributed by atoms with Gasteiger partial charge in [0.25, 0.3) is 0 Å². The summed E-state index contributed by atoms with van der Waals surface area (Å²) in [5, 5.41) is 2.29. The molecule has 0 saturated carbocycles. The topological polar surface area (TPSA) is 38.9 Å². The Labute approximate surface area is 324 Å². The van der Waals surface area contributed by atoms with Crippen LogP contribution in [0.3, 0.4) is 0 Å². The number of aromatic nitrogens is 2. The molecule has 0 saturated heterocycles. The monoisotopic (exact) mass is 712 g/mol. The van der Waals surface area contributed by atoms with E-state index in [4.69, 9.17) is 14.4 Å². The first-order valence-corrected chi connectivity index (χ1v) is 19.2. The number of rotatable bonds is 4. The molecular formula is C53H32N2O. The van der Waals surface area contributed by atoms with Crippen molar-refractivity contribution in [2.24, 2.45) is 0 Å². The molecule has 10 aromatic rings. The van der Waals surface area contributed by atoms with Crippen LogP contribution in [0.25, 0.3) is 89.2 Å². The fourth-order valence-corrected chi connectivity index (χ4v) is 9.59. The highest BCUT2D eigenvalue weighted by molar-refractivity contribution is 6.14. The molecule has 0 fully saturated rings. The molecule has 2 aliphatic carbocycles. The van der Waals surface area contributed by atoms with E-state index in [-0.39, 0.29) is 0 Å². The SMILES string of the molecule is c1ccc(-c2cc(-c3ccc(-c4cccc5c4C4(c6ccccc6-c6ccccc64)c4ccc6c(oc7ccccc76)c4-5)cc3)nc(-c3ccccc3)n2)cc1. The Hall–Kier alpha value is -7.36. The van der Waals surface area contributed by atoms with E-state index in [0.29, 0.717) is 5.82 Å². The van der Waals surface area contributed by atoms with Gasteiger partial charge in [-0.05, 0) is 62.2 Å². The zero-order chi connectivity index (χ0) is 36.8. The van der Waals surface area contributed by atoms with Crippen LogP contribution in [0.15, 0.2) is 199 Å². The summed E-state index contributed by atoms with van der Waals surface area (Å²) < 4.78 is 6.81. The van der Waals surface area contributed by atoms with Gasteiger partial charge in [0.05, 0.1) is 16.8 Å². The fourth-order valence-electron chi connectivity index (χ4n) is 9.59. The molecule has 0 N–H and O–H groups in total. The van der Waals surface area contributed by atoms with Crippen molar-refractivity contribution in [2.75, 3.05) is 0 Å². The molecule has 0 aliphatic heterocycles. The highest BCUT2D eigenvalue weighted by Gasteiger charge is 2.53. The van der Waals surface area contributed by atoms with Crippen LogP contribution in [0, 0.1) is 0 Å². The lowest BCUT2D eigenvalue weighted by Crippen LogP contribution is -2.26. The van der Waals surface area contributed by atoms with Gasteiger partial charge in [0.15, 0.2) is 5.82 Å². The molecule has 0 atom stereocenters. The van der Waals surface area contributed by atoms with Crippen LogP contribution in [0.2, 0.25) is 0 Å². The maximum atomic E-state index is 6.81. The summed E-state index contributed by atoms with van der Waals surface area (Å²) in [6, 6.07) is 69.4. The van der Waals surface area contributed by atoms with E-state index in [1.54, 1.807) is 0 Å². The van der Waals surface area contributed by atoms with Crippen molar-refractivity contribution < 1.29 is 4.42 Å². The summed E-state index contributed by atoms with van der Waals surface area (Å²) in [7, 11) is 0. The highest BCUT2D eigenvalue weighted by Crippen LogP contribution is 2.65. The van der Waals surface area contributed by atoms with Crippen molar-refractivity contribution in [1.29, 1.82) is 0 Å². The summed E-state index contributed by atoms with van der Waals surface area (Å²) in [6.07, 6.45) is 0. The van der Waals surface area contributed by atoms with Crippen molar-refractivity contribution in [2.45, 2.75) is 5.41 Å². The molecule has 0 amide bonds. The molecule has 2 heterocycles. The molecule has 56 heavy (non-hydrogen) atoms. The van der Waals surface area contributed by atoms with Gasteiger partial charge in [-0.1, -0.05) is 182 Å². The maximum Gasteiger partial charge on any atom is 0.160 e. The zero-order valence-corrected chi connectivity index (χ0v) is 30.3. The molecule has 0 unspecified atom stereocenters. The number of hydrogen-bond acceptors (Lipinski definition) is 3. The molecular weight excluding hydrogens is 681 g/mol. The average Bonchev–Trinajstić information content (AvgIpc) is 3.91. The zero-order valence-electron chi connectivity index (χ0n) is 30.3. The van der Waals surface area contributed by atoms with Crippen molar-refractivity contribution >= 4 is 21.9 Å². The lowest BCUT2D eigenvalue weighted by atomic mass is 9.68. The molecule has 2 aromatic heterocycles. The average molecular weight is 713 g/mol. The van der Waals surface area contributed by atoms with Gasteiger partial charge in [0, 0.05) is 33.0 Å². The van der Waals surface area contributed by atoms with E-state index < -0.39 is 5.41 Å². The molecule has 12 rings (SSSR count). The van der Waals surface area contributed by atoms with E-state index in [1.807, 2.05) is 24.3 Å². The Kier molecular flexibility index (Phi) is 6.55. The van der Waals surface area contributed by atoms with Crippen LogP contribution in [0.5, 0.6) is 0 Å². The van der Waals surface area contributed by atoms with E-state index in [1.165, 1.54) is 50.1 Å². The van der Waals surface area contributed by atoms with E-state index >= 15 is 0 Å². The van der Waals surface area contributed by atoms with E-state index in [2.05, 4.69) is 170 Å². The minimum atomic E-state index is -0.526. The summed E-state index contributed by atoms with van der Waals surface area (Å²) in [5.74, 6) is 0.710. The third-order valence-electron chi connectivity index (χ3n) is 11.9. The van der Waals surface area contributed by atoms with Crippen LogP contribution < -0.4 is 0 Å². The Morgan fingerprint density at radius 1 is 0.375 bits per heavy atom.